The summed E-state index contributed by atoms with van der Waals surface area (Å²) in [4.78, 5) is 18.1. The molecule has 0 bridgehead atoms. The number of benzene rings is 2. The van der Waals surface area contributed by atoms with Crippen molar-refractivity contribution < 1.29 is 9.53 Å². The number of hydrogen-bond acceptors (Lipinski definition) is 2. The van der Waals surface area contributed by atoms with Gasteiger partial charge in [0.15, 0.2) is 0 Å². The molecule has 1 aliphatic heterocycles. The maximum Gasteiger partial charge on any atom is 0.270 e. The molecule has 26 heavy (non-hydrogen) atoms. The van der Waals surface area contributed by atoms with Gasteiger partial charge in [0.1, 0.15) is 5.69 Å². The van der Waals surface area contributed by atoms with Crippen LogP contribution in [0.5, 0.6) is 0 Å². The molecule has 2 aromatic carbocycles. The lowest BCUT2D eigenvalue weighted by molar-refractivity contribution is 0.0423. The van der Waals surface area contributed by atoms with Crippen molar-refractivity contribution in [3.05, 3.63) is 71.9 Å². The van der Waals surface area contributed by atoms with Crippen LogP contribution in [0, 0.1) is 5.92 Å². The normalized spacial score (nSPS) is 17.5. The molecule has 1 N–H and O–H groups in total. The fraction of sp³-hybridized carbons (Fsp3) is 0.318. The molecule has 0 saturated carbocycles. The van der Waals surface area contributed by atoms with E-state index >= 15 is 0 Å². The number of fused-ring (bicyclic) bond motifs is 1. The number of hydrogen-bond donors (Lipinski definition) is 1. The van der Waals surface area contributed by atoms with Crippen LogP contribution >= 0.6 is 0 Å². The zero-order valence-electron chi connectivity index (χ0n) is 14.9. The number of piperidine rings is 1. The van der Waals surface area contributed by atoms with Gasteiger partial charge in [0.25, 0.3) is 5.91 Å². The lowest BCUT2D eigenvalue weighted by atomic mass is 9.98. The minimum Gasteiger partial charge on any atom is -0.376 e. The molecule has 4 rings (SSSR count). The van der Waals surface area contributed by atoms with Gasteiger partial charge in [-0.25, -0.2) is 0 Å². The maximum atomic E-state index is 12.9. The molecule has 0 spiro atoms. The van der Waals surface area contributed by atoms with E-state index in [0.717, 1.165) is 36.8 Å². The molecule has 1 aromatic heterocycles. The number of H-pyrrole nitrogens is 1. The Morgan fingerprint density at radius 1 is 1.12 bits per heavy atom. The first-order valence-electron chi connectivity index (χ1n) is 9.28. The van der Waals surface area contributed by atoms with E-state index in [-0.39, 0.29) is 5.91 Å². The molecule has 0 radical (unpaired) electrons. The predicted octanol–water partition coefficient (Wildman–Crippen LogP) is 4.24. The van der Waals surface area contributed by atoms with Gasteiger partial charge in [0.05, 0.1) is 13.2 Å². The lowest BCUT2D eigenvalue weighted by Gasteiger charge is -2.32. The van der Waals surface area contributed by atoms with E-state index < -0.39 is 0 Å². The van der Waals surface area contributed by atoms with Crippen LogP contribution in [-0.4, -0.2) is 35.5 Å². The molecule has 1 atom stereocenters. The number of ether oxygens (including phenoxy) is 1. The topological polar surface area (TPSA) is 45.3 Å². The number of rotatable bonds is 5. The van der Waals surface area contributed by atoms with Gasteiger partial charge in [-0.2, -0.15) is 0 Å². The first-order valence-corrected chi connectivity index (χ1v) is 9.28. The molecular weight excluding hydrogens is 324 g/mol. The SMILES string of the molecule is O=C(c1cc2ccccc2[nH]1)N1CCCC(COCc2ccccc2)C1. The van der Waals surface area contributed by atoms with Crippen molar-refractivity contribution in [1.82, 2.24) is 9.88 Å². The number of aromatic amines is 1. The van der Waals surface area contributed by atoms with Crippen molar-refractivity contribution in [2.75, 3.05) is 19.7 Å². The zero-order valence-corrected chi connectivity index (χ0v) is 14.9. The number of amides is 1. The summed E-state index contributed by atoms with van der Waals surface area (Å²) in [5.74, 6) is 0.495. The second-order valence-electron chi connectivity index (χ2n) is 7.03. The minimum atomic E-state index is 0.0916. The smallest absolute Gasteiger partial charge is 0.270 e. The van der Waals surface area contributed by atoms with E-state index in [1.165, 1.54) is 5.56 Å². The molecule has 1 unspecified atom stereocenters. The number of para-hydroxylation sites is 1. The third-order valence-corrected chi connectivity index (χ3v) is 5.03. The second-order valence-corrected chi connectivity index (χ2v) is 7.03. The fourth-order valence-corrected chi connectivity index (χ4v) is 3.66. The number of aromatic nitrogens is 1. The molecular formula is C22H24N2O2. The van der Waals surface area contributed by atoms with Gasteiger partial charge >= 0.3 is 0 Å². The molecule has 1 aliphatic rings. The van der Waals surface area contributed by atoms with E-state index in [4.69, 9.17) is 4.74 Å². The van der Waals surface area contributed by atoms with Crippen LogP contribution in [-0.2, 0) is 11.3 Å². The van der Waals surface area contributed by atoms with Crippen molar-refractivity contribution in [2.45, 2.75) is 19.4 Å². The monoisotopic (exact) mass is 348 g/mol. The quantitative estimate of drug-likeness (QED) is 0.750. The van der Waals surface area contributed by atoms with Crippen molar-refractivity contribution in [3.8, 4) is 0 Å². The standard InChI is InChI=1S/C22H24N2O2/c25-22(21-13-19-10-4-5-11-20(19)23-21)24-12-6-9-18(14-24)16-26-15-17-7-2-1-3-8-17/h1-5,7-8,10-11,13,18,23H,6,9,12,14-16H2. The molecule has 4 nitrogen and oxygen atoms in total. The molecule has 3 aromatic rings. The number of nitrogens with zero attached hydrogens (tertiary/aromatic N) is 1. The van der Waals surface area contributed by atoms with E-state index in [0.29, 0.717) is 24.8 Å². The van der Waals surface area contributed by atoms with Gasteiger partial charge < -0.3 is 14.6 Å². The van der Waals surface area contributed by atoms with Gasteiger partial charge in [-0.3, -0.25) is 4.79 Å². The predicted molar refractivity (Wildman–Crippen MR) is 103 cm³/mol. The maximum absolute atomic E-state index is 12.9. The molecule has 0 aliphatic carbocycles. The summed E-state index contributed by atoms with van der Waals surface area (Å²) in [7, 11) is 0. The lowest BCUT2D eigenvalue weighted by Crippen LogP contribution is -2.41. The van der Waals surface area contributed by atoms with E-state index in [1.807, 2.05) is 53.4 Å². The molecule has 1 amide bonds. The summed E-state index contributed by atoms with van der Waals surface area (Å²) < 4.78 is 5.90. The van der Waals surface area contributed by atoms with Crippen molar-refractivity contribution >= 4 is 16.8 Å². The summed E-state index contributed by atoms with van der Waals surface area (Å²) >= 11 is 0. The Morgan fingerprint density at radius 3 is 2.77 bits per heavy atom. The Kier molecular flexibility index (Phi) is 5.02. The zero-order chi connectivity index (χ0) is 17.8. The fourth-order valence-electron chi connectivity index (χ4n) is 3.66. The highest BCUT2D eigenvalue weighted by Crippen LogP contribution is 2.21. The van der Waals surface area contributed by atoms with Crippen molar-refractivity contribution in [1.29, 1.82) is 0 Å². The van der Waals surface area contributed by atoms with Crippen LogP contribution in [0.25, 0.3) is 10.9 Å². The average Bonchev–Trinajstić information content (AvgIpc) is 3.13. The Labute approximate surface area is 153 Å². The van der Waals surface area contributed by atoms with Crippen molar-refractivity contribution in [3.63, 3.8) is 0 Å². The van der Waals surface area contributed by atoms with Crippen LogP contribution in [0.15, 0.2) is 60.7 Å². The number of likely N-dealkylation sites (tertiary alicyclic amines) is 1. The van der Waals surface area contributed by atoms with Gasteiger partial charge in [-0.15, -0.1) is 0 Å². The third-order valence-electron chi connectivity index (χ3n) is 5.03. The first kappa shape index (κ1) is 16.9. The van der Waals surface area contributed by atoms with Gasteiger partial charge in [0, 0.05) is 24.0 Å². The van der Waals surface area contributed by atoms with Crippen LogP contribution in [0.1, 0.15) is 28.9 Å². The third kappa shape index (κ3) is 3.81. The highest BCUT2D eigenvalue weighted by atomic mass is 16.5. The van der Waals surface area contributed by atoms with E-state index in [2.05, 4.69) is 17.1 Å². The number of nitrogens with one attached hydrogen (secondary N) is 1. The van der Waals surface area contributed by atoms with E-state index in [1.54, 1.807) is 0 Å². The Balaban J connectivity index is 1.34. The highest BCUT2D eigenvalue weighted by molar-refractivity contribution is 5.98. The Bertz CT molecular complexity index is 839. The van der Waals surface area contributed by atoms with Crippen LogP contribution < -0.4 is 0 Å². The average molecular weight is 348 g/mol. The van der Waals surface area contributed by atoms with Gasteiger partial charge in [0.2, 0.25) is 0 Å². The van der Waals surface area contributed by atoms with E-state index in [9.17, 15) is 4.79 Å². The minimum absolute atomic E-state index is 0.0916. The number of carbonyl (C=O) groups excluding carboxylic acids is 1. The van der Waals surface area contributed by atoms with Crippen LogP contribution in [0.3, 0.4) is 0 Å². The van der Waals surface area contributed by atoms with Gasteiger partial charge in [-0.05, 0) is 36.5 Å². The summed E-state index contributed by atoms with van der Waals surface area (Å²) in [6.07, 6.45) is 2.15. The molecule has 1 fully saturated rings. The Morgan fingerprint density at radius 2 is 1.92 bits per heavy atom. The second kappa shape index (κ2) is 7.75. The highest BCUT2D eigenvalue weighted by Gasteiger charge is 2.25. The summed E-state index contributed by atoms with van der Waals surface area (Å²) in [6, 6.07) is 20.2. The summed E-state index contributed by atoms with van der Waals surface area (Å²) in [5.41, 5.74) is 2.88. The number of carbonyl (C=O) groups is 1. The molecule has 1 saturated heterocycles. The van der Waals surface area contributed by atoms with Crippen LogP contribution in [0.4, 0.5) is 0 Å². The summed E-state index contributed by atoms with van der Waals surface area (Å²) in [6.45, 7) is 2.92. The van der Waals surface area contributed by atoms with Crippen molar-refractivity contribution in [2.24, 2.45) is 5.92 Å². The molecule has 2 heterocycles. The molecule has 4 heteroatoms. The molecule has 134 valence electrons. The Hall–Kier alpha value is -2.59. The largest absolute Gasteiger partial charge is 0.376 e. The van der Waals surface area contributed by atoms with Gasteiger partial charge in [-0.1, -0.05) is 48.5 Å². The van der Waals surface area contributed by atoms with Crippen LogP contribution in [0.2, 0.25) is 0 Å². The summed E-state index contributed by atoms with van der Waals surface area (Å²) in [5, 5.41) is 1.08. The first-order chi connectivity index (χ1) is 12.8.